The monoisotopic (exact) mass is 209 g/mol. The molecule has 3 N–H and O–H groups in total. The van der Waals surface area contributed by atoms with Crippen LogP contribution in [0.1, 0.15) is 25.5 Å². The summed E-state index contributed by atoms with van der Waals surface area (Å²) in [5, 5.41) is 9.85. The Labute approximate surface area is 90.9 Å². The van der Waals surface area contributed by atoms with Gasteiger partial charge in [-0.25, -0.2) is 0 Å². The van der Waals surface area contributed by atoms with E-state index in [1.54, 1.807) is 7.11 Å². The van der Waals surface area contributed by atoms with Crippen LogP contribution in [-0.2, 0) is 0 Å². The first-order valence-corrected chi connectivity index (χ1v) is 5.14. The van der Waals surface area contributed by atoms with E-state index in [-0.39, 0.29) is 12.0 Å². The van der Waals surface area contributed by atoms with Crippen molar-refractivity contribution in [3.63, 3.8) is 0 Å². The third-order valence-corrected chi connectivity index (χ3v) is 2.53. The fraction of sp³-hybridized carbons (Fsp3) is 0.500. The van der Waals surface area contributed by atoms with E-state index in [1.807, 2.05) is 38.1 Å². The number of rotatable bonds is 4. The van der Waals surface area contributed by atoms with E-state index in [0.717, 1.165) is 11.3 Å². The lowest BCUT2D eigenvalue weighted by Gasteiger charge is -2.22. The first kappa shape index (κ1) is 12.0. The zero-order chi connectivity index (χ0) is 11.4. The van der Waals surface area contributed by atoms with Crippen molar-refractivity contribution in [2.45, 2.75) is 26.0 Å². The van der Waals surface area contributed by atoms with Crippen LogP contribution in [-0.4, -0.2) is 18.3 Å². The summed E-state index contributed by atoms with van der Waals surface area (Å²) < 4.78 is 5.11. The molecule has 1 aromatic rings. The van der Waals surface area contributed by atoms with Crippen LogP contribution in [0.5, 0.6) is 5.75 Å². The number of ether oxygens (including phenoxy) is 1. The van der Waals surface area contributed by atoms with E-state index >= 15 is 0 Å². The number of benzene rings is 1. The Morgan fingerprint density at radius 3 is 2.53 bits per heavy atom. The maximum Gasteiger partial charge on any atom is 0.119 e. The zero-order valence-corrected chi connectivity index (χ0v) is 9.47. The zero-order valence-electron chi connectivity index (χ0n) is 9.47. The van der Waals surface area contributed by atoms with Gasteiger partial charge in [0.25, 0.3) is 0 Å². The SMILES string of the molecule is COc1cccc([C@H](N)[C@H](O)C(C)C)c1. The molecule has 0 saturated heterocycles. The predicted molar refractivity (Wildman–Crippen MR) is 60.8 cm³/mol. The molecule has 3 heteroatoms. The van der Waals surface area contributed by atoms with Gasteiger partial charge >= 0.3 is 0 Å². The lowest BCUT2D eigenvalue weighted by molar-refractivity contribution is 0.0979. The van der Waals surface area contributed by atoms with Gasteiger partial charge in [-0.05, 0) is 23.6 Å². The van der Waals surface area contributed by atoms with Gasteiger partial charge in [0, 0.05) is 0 Å². The minimum absolute atomic E-state index is 0.145. The highest BCUT2D eigenvalue weighted by Gasteiger charge is 2.20. The summed E-state index contributed by atoms with van der Waals surface area (Å²) in [7, 11) is 1.61. The van der Waals surface area contributed by atoms with Crippen molar-refractivity contribution in [3.8, 4) is 5.75 Å². The smallest absolute Gasteiger partial charge is 0.119 e. The summed E-state index contributed by atoms with van der Waals surface area (Å²) in [6.07, 6.45) is -0.530. The summed E-state index contributed by atoms with van der Waals surface area (Å²) >= 11 is 0. The lowest BCUT2D eigenvalue weighted by Crippen LogP contribution is -2.30. The first-order chi connectivity index (χ1) is 7.06. The molecule has 2 atom stereocenters. The molecule has 0 aliphatic carbocycles. The number of methoxy groups -OCH3 is 1. The fourth-order valence-electron chi connectivity index (χ4n) is 1.46. The second-order valence-electron chi connectivity index (χ2n) is 4.04. The van der Waals surface area contributed by atoms with E-state index in [4.69, 9.17) is 10.5 Å². The molecule has 0 unspecified atom stereocenters. The average Bonchev–Trinajstić information content (AvgIpc) is 2.27. The molecule has 0 fully saturated rings. The van der Waals surface area contributed by atoms with Crippen molar-refractivity contribution in [1.82, 2.24) is 0 Å². The summed E-state index contributed by atoms with van der Waals surface area (Å²) in [4.78, 5) is 0. The molecule has 0 spiro atoms. The van der Waals surface area contributed by atoms with Crippen LogP contribution < -0.4 is 10.5 Å². The Bertz CT molecular complexity index is 312. The Kier molecular flexibility index (Phi) is 4.12. The third-order valence-electron chi connectivity index (χ3n) is 2.53. The minimum Gasteiger partial charge on any atom is -0.497 e. The largest absolute Gasteiger partial charge is 0.497 e. The molecule has 0 saturated carbocycles. The van der Waals surface area contributed by atoms with Crippen molar-refractivity contribution >= 4 is 0 Å². The Balaban J connectivity index is 2.85. The first-order valence-electron chi connectivity index (χ1n) is 5.14. The molecule has 0 aliphatic heterocycles. The molecular formula is C12H19NO2. The molecule has 0 aromatic heterocycles. The molecule has 15 heavy (non-hydrogen) atoms. The van der Waals surface area contributed by atoms with Gasteiger partial charge in [0.1, 0.15) is 5.75 Å². The molecule has 0 heterocycles. The average molecular weight is 209 g/mol. The van der Waals surface area contributed by atoms with Crippen molar-refractivity contribution in [1.29, 1.82) is 0 Å². The van der Waals surface area contributed by atoms with Gasteiger partial charge in [-0.2, -0.15) is 0 Å². The van der Waals surface area contributed by atoms with Gasteiger partial charge in [0.2, 0.25) is 0 Å². The lowest BCUT2D eigenvalue weighted by atomic mass is 9.94. The molecule has 84 valence electrons. The van der Waals surface area contributed by atoms with Crippen LogP contribution in [0.4, 0.5) is 0 Å². The van der Waals surface area contributed by atoms with Gasteiger partial charge in [0.05, 0.1) is 19.3 Å². The van der Waals surface area contributed by atoms with Gasteiger partial charge in [-0.3, -0.25) is 0 Å². The van der Waals surface area contributed by atoms with E-state index in [2.05, 4.69) is 0 Å². The Morgan fingerprint density at radius 1 is 1.33 bits per heavy atom. The van der Waals surface area contributed by atoms with E-state index in [0.29, 0.717) is 0 Å². The second kappa shape index (κ2) is 5.14. The van der Waals surface area contributed by atoms with Crippen LogP contribution >= 0.6 is 0 Å². The fourth-order valence-corrected chi connectivity index (χ4v) is 1.46. The number of hydrogen-bond acceptors (Lipinski definition) is 3. The van der Waals surface area contributed by atoms with Crippen molar-refractivity contribution in [2.75, 3.05) is 7.11 Å². The molecule has 1 aromatic carbocycles. The minimum atomic E-state index is -0.530. The third kappa shape index (κ3) is 2.94. The topological polar surface area (TPSA) is 55.5 Å². The van der Waals surface area contributed by atoms with Crippen LogP contribution in [0, 0.1) is 5.92 Å². The van der Waals surface area contributed by atoms with Crippen molar-refractivity contribution in [3.05, 3.63) is 29.8 Å². The highest BCUT2D eigenvalue weighted by atomic mass is 16.5. The summed E-state index contributed by atoms with van der Waals surface area (Å²) in [5.74, 6) is 0.908. The van der Waals surface area contributed by atoms with Crippen molar-refractivity contribution < 1.29 is 9.84 Å². The van der Waals surface area contributed by atoms with Crippen LogP contribution in [0.2, 0.25) is 0 Å². The van der Waals surface area contributed by atoms with E-state index < -0.39 is 6.10 Å². The Hall–Kier alpha value is -1.06. The quantitative estimate of drug-likeness (QED) is 0.793. The molecule has 3 nitrogen and oxygen atoms in total. The standard InChI is InChI=1S/C12H19NO2/c1-8(2)12(14)11(13)9-5-4-6-10(7-9)15-3/h4-8,11-12,14H,13H2,1-3H3/t11-,12+/m0/s1. The molecule has 0 amide bonds. The number of aliphatic hydroxyl groups is 1. The van der Waals surface area contributed by atoms with Crippen LogP contribution in [0.25, 0.3) is 0 Å². The Morgan fingerprint density at radius 2 is 2.00 bits per heavy atom. The normalized spacial score (nSPS) is 15.1. The summed E-state index contributed by atoms with van der Waals surface area (Å²) in [5.41, 5.74) is 6.86. The highest BCUT2D eigenvalue weighted by Crippen LogP contribution is 2.22. The summed E-state index contributed by atoms with van der Waals surface area (Å²) in [6, 6.07) is 7.13. The van der Waals surface area contributed by atoms with Gasteiger partial charge in [-0.1, -0.05) is 26.0 Å². The molecule has 0 bridgehead atoms. The number of hydrogen-bond donors (Lipinski definition) is 2. The predicted octanol–water partition coefficient (Wildman–Crippen LogP) is 1.71. The number of nitrogens with two attached hydrogens (primary N) is 1. The molecular weight excluding hydrogens is 190 g/mol. The molecule has 0 aliphatic rings. The maximum absolute atomic E-state index is 9.85. The van der Waals surface area contributed by atoms with Gasteiger partial charge < -0.3 is 15.6 Å². The second-order valence-corrected chi connectivity index (χ2v) is 4.04. The number of aliphatic hydroxyl groups excluding tert-OH is 1. The van der Waals surface area contributed by atoms with Crippen LogP contribution in [0.3, 0.4) is 0 Å². The summed E-state index contributed by atoms with van der Waals surface area (Å²) in [6.45, 7) is 3.90. The van der Waals surface area contributed by atoms with Gasteiger partial charge in [0.15, 0.2) is 0 Å². The molecule has 1 rings (SSSR count). The maximum atomic E-state index is 9.85. The van der Waals surface area contributed by atoms with E-state index in [9.17, 15) is 5.11 Å². The molecule has 0 radical (unpaired) electrons. The van der Waals surface area contributed by atoms with Crippen LogP contribution in [0.15, 0.2) is 24.3 Å². The highest BCUT2D eigenvalue weighted by molar-refractivity contribution is 5.30. The van der Waals surface area contributed by atoms with E-state index in [1.165, 1.54) is 0 Å². The van der Waals surface area contributed by atoms with Crippen molar-refractivity contribution in [2.24, 2.45) is 11.7 Å². The van der Waals surface area contributed by atoms with Gasteiger partial charge in [-0.15, -0.1) is 0 Å².